The van der Waals surface area contributed by atoms with E-state index in [4.69, 9.17) is 4.74 Å². The molecular formula is C28H26N4O2. The molecule has 0 bridgehead atoms. The summed E-state index contributed by atoms with van der Waals surface area (Å²) in [6.07, 6.45) is 1.12. The van der Waals surface area contributed by atoms with Gasteiger partial charge in [-0.3, -0.25) is 4.79 Å². The van der Waals surface area contributed by atoms with Crippen molar-refractivity contribution in [2.75, 3.05) is 6.54 Å². The Bertz CT molecular complexity index is 1270. The molecule has 170 valence electrons. The normalized spacial score (nSPS) is 10.5. The number of carbonyl (C=O) groups excluding carboxylic acids is 1. The molecule has 34 heavy (non-hydrogen) atoms. The number of hydrogen-bond donors (Lipinski definition) is 1. The molecule has 0 aliphatic heterocycles. The van der Waals surface area contributed by atoms with E-state index in [-0.39, 0.29) is 12.5 Å². The van der Waals surface area contributed by atoms with E-state index in [1.807, 2.05) is 91.9 Å². The second-order valence-electron chi connectivity index (χ2n) is 7.96. The molecule has 0 atom stereocenters. The van der Waals surface area contributed by atoms with Gasteiger partial charge in [-0.15, -0.1) is 0 Å². The Hall–Kier alpha value is -4.37. The van der Waals surface area contributed by atoms with Crippen molar-refractivity contribution in [3.8, 4) is 17.5 Å². The van der Waals surface area contributed by atoms with Crippen LogP contribution >= 0.6 is 0 Å². The molecule has 0 fully saturated rings. The fourth-order valence-corrected chi connectivity index (χ4v) is 3.73. The maximum absolute atomic E-state index is 12.1. The van der Waals surface area contributed by atoms with Crippen LogP contribution in [0.1, 0.15) is 28.1 Å². The van der Waals surface area contributed by atoms with Crippen molar-refractivity contribution in [1.29, 1.82) is 5.26 Å². The molecule has 6 heteroatoms. The van der Waals surface area contributed by atoms with Gasteiger partial charge in [0.15, 0.2) is 0 Å². The molecule has 6 nitrogen and oxygen atoms in total. The lowest BCUT2D eigenvalue weighted by Crippen LogP contribution is -2.27. The summed E-state index contributed by atoms with van der Waals surface area (Å²) in [5, 5.41) is 17.1. The van der Waals surface area contributed by atoms with Crippen LogP contribution in [0.15, 0.2) is 84.9 Å². The van der Waals surface area contributed by atoms with Gasteiger partial charge in [0, 0.05) is 6.54 Å². The number of carbonyl (C=O) groups is 1. The number of nitrogens with zero attached hydrogens (tertiary/aromatic N) is 3. The minimum Gasteiger partial charge on any atom is -0.487 e. The highest BCUT2D eigenvalue weighted by atomic mass is 16.5. The van der Waals surface area contributed by atoms with E-state index in [0.29, 0.717) is 30.0 Å². The van der Waals surface area contributed by atoms with Crippen molar-refractivity contribution in [3.63, 3.8) is 0 Å². The van der Waals surface area contributed by atoms with E-state index in [1.54, 1.807) is 4.68 Å². The first-order valence-corrected chi connectivity index (χ1v) is 11.2. The van der Waals surface area contributed by atoms with E-state index < -0.39 is 0 Å². The third kappa shape index (κ3) is 5.70. The van der Waals surface area contributed by atoms with Crippen LogP contribution in [0.5, 0.6) is 5.75 Å². The topological polar surface area (TPSA) is 79.9 Å². The lowest BCUT2D eigenvalue weighted by molar-refractivity contribution is -0.120. The smallest absolute Gasteiger partial charge is 0.224 e. The minimum absolute atomic E-state index is 0.0183. The molecule has 4 rings (SSSR count). The van der Waals surface area contributed by atoms with Crippen LogP contribution in [0.25, 0.3) is 5.69 Å². The molecule has 0 radical (unpaired) electrons. The Kier molecular flexibility index (Phi) is 7.36. The fourth-order valence-electron chi connectivity index (χ4n) is 3.73. The second kappa shape index (κ2) is 11.0. The van der Waals surface area contributed by atoms with E-state index >= 15 is 0 Å². The molecule has 1 heterocycles. The third-order valence-corrected chi connectivity index (χ3v) is 5.51. The molecule has 4 aromatic rings. The van der Waals surface area contributed by atoms with Gasteiger partial charge >= 0.3 is 0 Å². The molecule has 0 unspecified atom stereocenters. The lowest BCUT2D eigenvalue weighted by Gasteiger charge is -2.11. The van der Waals surface area contributed by atoms with Gasteiger partial charge < -0.3 is 10.1 Å². The Balaban J connectivity index is 1.32. The number of amides is 1. The van der Waals surface area contributed by atoms with Gasteiger partial charge in [-0.25, -0.2) is 4.68 Å². The standard InChI is InChI=1S/C28H26N4O2/c1-21-26(19-29)27(32(31-21)24-10-6-3-7-11-24)20-34-25-14-12-22(13-15-25)16-17-30-28(33)18-23-8-4-2-5-9-23/h2-15H,16-18,20H2,1H3,(H,30,33). The summed E-state index contributed by atoms with van der Waals surface area (Å²) in [6.45, 7) is 2.63. The van der Waals surface area contributed by atoms with Crippen molar-refractivity contribution < 1.29 is 9.53 Å². The van der Waals surface area contributed by atoms with E-state index in [0.717, 1.165) is 28.9 Å². The van der Waals surface area contributed by atoms with Crippen molar-refractivity contribution in [3.05, 3.63) is 113 Å². The highest BCUT2D eigenvalue weighted by Crippen LogP contribution is 2.21. The van der Waals surface area contributed by atoms with Crippen LogP contribution in [0.4, 0.5) is 0 Å². The van der Waals surface area contributed by atoms with Crippen LogP contribution in [0.2, 0.25) is 0 Å². The van der Waals surface area contributed by atoms with E-state index in [2.05, 4.69) is 16.5 Å². The van der Waals surface area contributed by atoms with Gasteiger partial charge in [0.25, 0.3) is 0 Å². The SMILES string of the molecule is Cc1nn(-c2ccccc2)c(COc2ccc(CCNC(=O)Cc3ccccc3)cc2)c1C#N. The summed E-state index contributed by atoms with van der Waals surface area (Å²) in [5.74, 6) is 0.726. The molecule has 1 N–H and O–H groups in total. The molecule has 1 amide bonds. The second-order valence-corrected chi connectivity index (χ2v) is 7.96. The zero-order valence-corrected chi connectivity index (χ0v) is 19.1. The molecule has 1 aromatic heterocycles. The maximum atomic E-state index is 12.1. The molecule has 0 aliphatic carbocycles. The van der Waals surface area contributed by atoms with Gasteiger partial charge in [-0.1, -0.05) is 60.7 Å². The minimum atomic E-state index is 0.0183. The molecular weight excluding hydrogens is 424 g/mol. The summed E-state index contributed by atoms with van der Waals surface area (Å²) in [5.41, 5.74) is 4.92. The van der Waals surface area contributed by atoms with Gasteiger partial charge in [0.1, 0.15) is 24.0 Å². The van der Waals surface area contributed by atoms with E-state index in [9.17, 15) is 10.1 Å². The van der Waals surface area contributed by atoms with Crippen LogP contribution in [-0.2, 0) is 24.2 Å². The number of benzene rings is 3. The maximum Gasteiger partial charge on any atom is 0.224 e. The Labute approximate surface area is 199 Å². The number of aryl methyl sites for hydroxylation is 1. The summed E-state index contributed by atoms with van der Waals surface area (Å²) in [6, 6.07) is 29.5. The summed E-state index contributed by atoms with van der Waals surface area (Å²) >= 11 is 0. The van der Waals surface area contributed by atoms with E-state index in [1.165, 1.54) is 0 Å². The Morgan fingerprint density at radius 1 is 0.971 bits per heavy atom. The highest BCUT2D eigenvalue weighted by molar-refractivity contribution is 5.78. The number of nitriles is 1. The highest BCUT2D eigenvalue weighted by Gasteiger charge is 2.17. The zero-order chi connectivity index (χ0) is 23.8. The average Bonchev–Trinajstić information content (AvgIpc) is 3.19. The van der Waals surface area contributed by atoms with Crippen LogP contribution in [-0.4, -0.2) is 22.2 Å². The van der Waals surface area contributed by atoms with Crippen molar-refractivity contribution in [2.45, 2.75) is 26.4 Å². The Morgan fingerprint density at radius 2 is 1.65 bits per heavy atom. The lowest BCUT2D eigenvalue weighted by atomic mass is 10.1. The third-order valence-electron chi connectivity index (χ3n) is 5.51. The quantitative estimate of drug-likeness (QED) is 0.406. The molecule has 3 aromatic carbocycles. The first-order chi connectivity index (χ1) is 16.6. The van der Waals surface area contributed by atoms with Crippen molar-refractivity contribution in [1.82, 2.24) is 15.1 Å². The molecule has 0 saturated carbocycles. The number of aromatic nitrogens is 2. The fraction of sp³-hybridized carbons (Fsp3) is 0.179. The molecule has 0 saturated heterocycles. The first-order valence-electron chi connectivity index (χ1n) is 11.2. The van der Waals surface area contributed by atoms with Gasteiger partial charge in [-0.05, 0) is 48.7 Å². The largest absolute Gasteiger partial charge is 0.487 e. The molecule has 0 spiro atoms. The van der Waals surface area contributed by atoms with Crippen LogP contribution in [0, 0.1) is 18.3 Å². The molecule has 0 aliphatic rings. The summed E-state index contributed by atoms with van der Waals surface area (Å²) in [7, 11) is 0. The van der Waals surface area contributed by atoms with Crippen molar-refractivity contribution >= 4 is 5.91 Å². The number of para-hydroxylation sites is 1. The van der Waals surface area contributed by atoms with Crippen molar-refractivity contribution in [2.24, 2.45) is 0 Å². The van der Waals surface area contributed by atoms with Crippen LogP contribution < -0.4 is 10.1 Å². The average molecular weight is 451 g/mol. The summed E-state index contributed by atoms with van der Waals surface area (Å²) in [4.78, 5) is 12.1. The number of hydrogen-bond acceptors (Lipinski definition) is 4. The predicted molar refractivity (Wildman–Crippen MR) is 131 cm³/mol. The first kappa shape index (κ1) is 22.8. The predicted octanol–water partition coefficient (Wildman–Crippen LogP) is 4.53. The summed E-state index contributed by atoms with van der Waals surface area (Å²) < 4.78 is 7.76. The van der Waals surface area contributed by atoms with Gasteiger partial charge in [-0.2, -0.15) is 10.4 Å². The number of ether oxygens (including phenoxy) is 1. The number of rotatable bonds is 9. The zero-order valence-electron chi connectivity index (χ0n) is 19.1. The number of nitrogens with one attached hydrogen (secondary N) is 1. The van der Waals surface area contributed by atoms with Gasteiger partial charge in [0.05, 0.1) is 23.5 Å². The monoisotopic (exact) mass is 450 g/mol. The Morgan fingerprint density at radius 3 is 2.32 bits per heavy atom. The van der Waals surface area contributed by atoms with Gasteiger partial charge in [0.2, 0.25) is 5.91 Å². The van der Waals surface area contributed by atoms with Crippen LogP contribution in [0.3, 0.4) is 0 Å².